The third-order valence-electron chi connectivity index (χ3n) is 6.14. The van der Waals surface area contributed by atoms with Gasteiger partial charge in [-0.1, -0.05) is 87.8 Å². The predicted octanol–water partition coefficient (Wildman–Crippen LogP) is 8.80. The summed E-state index contributed by atoms with van der Waals surface area (Å²) >= 11 is 0. The highest BCUT2D eigenvalue weighted by Gasteiger charge is 2.21. The fourth-order valence-electron chi connectivity index (χ4n) is 4.19. The van der Waals surface area contributed by atoms with Gasteiger partial charge in [0.2, 0.25) is 0 Å². The third kappa shape index (κ3) is 7.36. The standard InChI is InChI=1S/C30H38O6/c1-5-7-9-11-17-33-29(31)35-27-23-15-13-21(3)19-25(23)28(26-20-22(4)14-16-24(26)27)36-30(32)34-18-12-10-8-6-2/h13-16,19-20H,5-12,17-18H2,1-4H3. The summed E-state index contributed by atoms with van der Waals surface area (Å²) in [6.07, 6.45) is 6.58. The molecule has 0 radical (unpaired) electrons. The molecule has 36 heavy (non-hydrogen) atoms. The van der Waals surface area contributed by atoms with Gasteiger partial charge in [0.05, 0.1) is 13.2 Å². The zero-order chi connectivity index (χ0) is 25.9. The second-order valence-electron chi connectivity index (χ2n) is 9.28. The highest BCUT2D eigenvalue weighted by molar-refractivity contribution is 6.12. The molecule has 0 atom stereocenters. The molecule has 0 fully saturated rings. The van der Waals surface area contributed by atoms with Gasteiger partial charge in [0.25, 0.3) is 0 Å². The normalized spacial score (nSPS) is 11.0. The van der Waals surface area contributed by atoms with Crippen LogP contribution >= 0.6 is 0 Å². The number of fused-ring (bicyclic) bond motifs is 2. The summed E-state index contributed by atoms with van der Waals surface area (Å²) in [6.45, 7) is 8.82. The van der Waals surface area contributed by atoms with Gasteiger partial charge in [0, 0.05) is 21.5 Å². The Morgan fingerprint density at radius 2 is 1.00 bits per heavy atom. The summed E-state index contributed by atoms with van der Waals surface area (Å²) in [5, 5.41) is 2.65. The van der Waals surface area contributed by atoms with Crippen molar-refractivity contribution in [1.82, 2.24) is 0 Å². The van der Waals surface area contributed by atoms with E-state index in [4.69, 9.17) is 18.9 Å². The molecule has 3 rings (SSSR count). The van der Waals surface area contributed by atoms with Crippen LogP contribution in [-0.2, 0) is 9.47 Å². The summed E-state index contributed by atoms with van der Waals surface area (Å²) in [5.74, 6) is 0.782. The van der Waals surface area contributed by atoms with Crippen LogP contribution < -0.4 is 9.47 Å². The fraction of sp³-hybridized carbons (Fsp3) is 0.467. The third-order valence-corrected chi connectivity index (χ3v) is 6.14. The molecular formula is C30H38O6. The van der Waals surface area contributed by atoms with Crippen LogP contribution in [0.4, 0.5) is 9.59 Å². The molecule has 0 aliphatic heterocycles. The average molecular weight is 495 g/mol. The van der Waals surface area contributed by atoms with Crippen molar-refractivity contribution in [3.63, 3.8) is 0 Å². The molecule has 0 bridgehead atoms. The smallest absolute Gasteiger partial charge is 0.434 e. The second-order valence-corrected chi connectivity index (χ2v) is 9.28. The molecule has 0 N–H and O–H groups in total. The largest absolute Gasteiger partial charge is 0.513 e. The van der Waals surface area contributed by atoms with Gasteiger partial charge in [-0.3, -0.25) is 0 Å². The Morgan fingerprint density at radius 3 is 1.42 bits per heavy atom. The van der Waals surface area contributed by atoms with E-state index in [1.165, 1.54) is 0 Å². The van der Waals surface area contributed by atoms with E-state index in [2.05, 4.69) is 13.8 Å². The van der Waals surface area contributed by atoms with Crippen molar-refractivity contribution in [3.05, 3.63) is 47.5 Å². The van der Waals surface area contributed by atoms with E-state index >= 15 is 0 Å². The maximum atomic E-state index is 12.6. The predicted molar refractivity (Wildman–Crippen MR) is 143 cm³/mol. The molecule has 0 amide bonds. The zero-order valence-corrected chi connectivity index (χ0v) is 22.0. The summed E-state index contributed by atoms with van der Waals surface area (Å²) in [7, 11) is 0. The van der Waals surface area contributed by atoms with Crippen molar-refractivity contribution < 1.29 is 28.5 Å². The Bertz CT molecular complexity index is 1120. The van der Waals surface area contributed by atoms with E-state index in [-0.39, 0.29) is 0 Å². The molecule has 0 aromatic heterocycles. The fourth-order valence-corrected chi connectivity index (χ4v) is 4.19. The molecule has 194 valence electrons. The Kier molecular flexibility index (Phi) is 10.4. The first kappa shape index (κ1) is 27.3. The van der Waals surface area contributed by atoms with Gasteiger partial charge in [0.15, 0.2) is 0 Å². The van der Waals surface area contributed by atoms with Crippen LogP contribution in [0, 0.1) is 13.8 Å². The molecule has 0 spiro atoms. The number of aryl methyl sites for hydroxylation is 2. The lowest BCUT2D eigenvalue weighted by atomic mass is 9.98. The van der Waals surface area contributed by atoms with Crippen LogP contribution in [0.25, 0.3) is 21.5 Å². The molecule has 3 aromatic rings. The van der Waals surface area contributed by atoms with Crippen molar-refractivity contribution in [2.24, 2.45) is 0 Å². The Morgan fingerprint density at radius 1 is 0.583 bits per heavy atom. The lowest BCUT2D eigenvalue weighted by molar-refractivity contribution is 0.0965. The number of carbonyl (C=O) groups is 2. The van der Waals surface area contributed by atoms with Crippen molar-refractivity contribution in [1.29, 1.82) is 0 Å². The number of rotatable bonds is 12. The van der Waals surface area contributed by atoms with E-state index in [1.807, 2.05) is 50.2 Å². The van der Waals surface area contributed by atoms with Crippen LogP contribution in [0.15, 0.2) is 36.4 Å². The van der Waals surface area contributed by atoms with Gasteiger partial charge >= 0.3 is 12.3 Å². The van der Waals surface area contributed by atoms with E-state index in [0.717, 1.165) is 62.5 Å². The highest BCUT2D eigenvalue weighted by Crippen LogP contribution is 2.43. The maximum absolute atomic E-state index is 12.6. The Hall–Kier alpha value is -3.28. The molecule has 0 saturated heterocycles. The van der Waals surface area contributed by atoms with Crippen LogP contribution in [-0.4, -0.2) is 25.5 Å². The lowest BCUT2D eigenvalue weighted by Gasteiger charge is -2.17. The summed E-state index contributed by atoms with van der Waals surface area (Å²) in [6, 6.07) is 11.4. The van der Waals surface area contributed by atoms with Crippen LogP contribution in [0.1, 0.15) is 76.3 Å². The molecule has 0 aliphatic rings. The summed E-state index contributed by atoms with van der Waals surface area (Å²) < 4.78 is 22.2. The van der Waals surface area contributed by atoms with E-state index in [9.17, 15) is 9.59 Å². The maximum Gasteiger partial charge on any atom is 0.513 e. The molecule has 0 heterocycles. The summed E-state index contributed by atoms with van der Waals surface area (Å²) in [4.78, 5) is 25.2. The SMILES string of the molecule is CCCCCCOC(=O)Oc1c2ccc(C)cc2c(OC(=O)OCCCCCC)c2cc(C)ccc12. The van der Waals surface area contributed by atoms with E-state index in [1.54, 1.807) is 0 Å². The Labute approximate surface area is 213 Å². The minimum atomic E-state index is -0.740. The lowest BCUT2D eigenvalue weighted by Crippen LogP contribution is -2.14. The van der Waals surface area contributed by atoms with Gasteiger partial charge < -0.3 is 18.9 Å². The average Bonchev–Trinajstić information content (AvgIpc) is 2.85. The molecular weight excluding hydrogens is 456 g/mol. The Balaban J connectivity index is 1.93. The monoisotopic (exact) mass is 494 g/mol. The van der Waals surface area contributed by atoms with E-state index < -0.39 is 12.3 Å². The highest BCUT2D eigenvalue weighted by atomic mass is 16.7. The van der Waals surface area contributed by atoms with Crippen molar-refractivity contribution in [3.8, 4) is 11.5 Å². The minimum Gasteiger partial charge on any atom is -0.434 e. The van der Waals surface area contributed by atoms with Gasteiger partial charge in [-0.2, -0.15) is 0 Å². The van der Waals surface area contributed by atoms with Crippen molar-refractivity contribution in [2.75, 3.05) is 13.2 Å². The first-order chi connectivity index (χ1) is 17.4. The molecule has 3 aromatic carbocycles. The van der Waals surface area contributed by atoms with Gasteiger partial charge in [0.1, 0.15) is 11.5 Å². The number of ether oxygens (including phenoxy) is 4. The molecule has 0 saturated carbocycles. The molecule has 0 unspecified atom stereocenters. The molecule has 0 aliphatic carbocycles. The van der Waals surface area contributed by atoms with Crippen LogP contribution in [0.5, 0.6) is 11.5 Å². The quantitative estimate of drug-likeness (QED) is 0.108. The number of hydrogen-bond acceptors (Lipinski definition) is 6. The van der Waals surface area contributed by atoms with Gasteiger partial charge in [-0.05, 0) is 38.8 Å². The van der Waals surface area contributed by atoms with Crippen molar-refractivity contribution in [2.45, 2.75) is 79.1 Å². The zero-order valence-electron chi connectivity index (χ0n) is 22.0. The number of carbonyl (C=O) groups excluding carboxylic acids is 2. The molecule has 6 nitrogen and oxygen atoms in total. The number of hydrogen-bond donors (Lipinski definition) is 0. The summed E-state index contributed by atoms with van der Waals surface area (Å²) in [5.41, 5.74) is 1.97. The van der Waals surface area contributed by atoms with Gasteiger partial charge in [-0.25, -0.2) is 9.59 Å². The number of unbranched alkanes of at least 4 members (excludes halogenated alkanes) is 6. The van der Waals surface area contributed by atoms with Crippen LogP contribution in [0.3, 0.4) is 0 Å². The van der Waals surface area contributed by atoms with Crippen molar-refractivity contribution >= 4 is 33.9 Å². The van der Waals surface area contributed by atoms with E-state index in [0.29, 0.717) is 46.3 Å². The number of benzene rings is 3. The first-order valence-corrected chi connectivity index (χ1v) is 13.1. The van der Waals surface area contributed by atoms with Crippen LogP contribution in [0.2, 0.25) is 0 Å². The topological polar surface area (TPSA) is 71.1 Å². The first-order valence-electron chi connectivity index (χ1n) is 13.1. The minimum absolute atomic E-state index is 0.318. The van der Waals surface area contributed by atoms with Gasteiger partial charge in [-0.15, -0.1) is 0 Å². The second kappa shape index (κ2) is 13.7. The molecule has 6 heteroatoms.